The van der Waals surface area contributed by atoms with Crippen LogP contribution in [0, 0.1) is 0 Å². The van der Waals surface area contributed by atoms with E-state index < -0.39 is 6.10 Å². The molecule has 0 amide bonds. The molecule has 0 radical (unpaired) electrons. The molecule has 0 saturated carbocycles. The minimum absolute atomic E-state index is 0.0459. The molecular weight excluding hydrogens is 741 g/mol. The van der Waals surface area contributed by atoms with Gasteiger partial charge >= 0.3 is 11.9 Å². The van der Waals surface area contributed by atoms with Crippen molar-refractivity contribution in [3.63, 3.8) is 0 Å². The molecule has 0 rings (SSSR count). The molecule has 0 heterocycles. The molecule has 5 nitrogen and oxygen atoms in total. The monoisotopic (exact) mass is 833 g/mol. The molecule has 0 aliphatic rings. The van der Waals surface area contributed by atoms with Crippen molar-refractivity contribution in [2.24, 2.45) is 0 Å². The number of hydrogen-bond donors (Lipinski definition) is 0. The zero-order valence-corrected chi connectivity index (χ0v) is 39.2. The van der Waals surface area contributed by atoms with Crippen LogP contribution >= 0.6 is 0 Å². The fraction of sp³-hybridized carbons (Fsp3) is 0.673. The highest BCUT2D eigenvalue weighted by Gasteiger charge is 2.17. The Hall–Kier alpha value is -3.18. The van der Waals surface area contributed by atoms with Crippen LogP contribution in [0.2, 0.25) is 0 Å². The zero-order chi connectivity index (χ0) is 43.5. The van der Waals surface area contributed by atoms with Gasteiger partial charge in [-0.05, 0) is 83.5 Å². The second-order valence-corrected chi connectivity index (χ2v) is 16.0. The molecule has 5 heteroatoms. The summed E-state index contributed by atoms with van der Waals surface area (Å²) in [6, 6.07) is 0. The van der Waals surface area contributed by atoms with Crippen LogP contribution in [0.15, 0.2) is 97.2 Å². The highest BCUT2D eigenvalue weighted by molar-refractivity contribution is 5.70. The number of allylic oxidation sites excluding steroid dienone is 16. The van der Waals surface area contributed by atoms with Gasteiger partial charge in [-0.25, -0.2) is 0 Å². The Kier molecular flexibility index (Phi) is 47.5. The van der Waals surface area contributed by atoms with Crippen LogP contribution in [0.3, 0.4) is 0 Å². The normalized spacial score (nSPS) is 13.1. The molecule has 0 aromatic rings. The first kappa shape index (κ1) is 56.8. The third-order valence-corrected chi connectivity index (χ3v) is 10.1. The van der Waals surface area contributed by atoms with E-state index in [1.165, 1.54) is 83.5 Å². The number of unbranched alkanes of at least 4 members (excludes halogenated alkanes) is 17. The molecule has 60 heavy (non-hydrogen) atoms. The summed E-state index contributed by atoms with van der Waals surface area (Å²) in [5.74, 6) is -0.509. The Morgan fingerprint density at radius 3 is 1.27 bits per heavy atom. The van der Waals surface area contributed by atoms with E-state index in [0.29, 0.717) is 25.9 Å². The van der Waals surface area contributed by atoms with Gasteiger partial charge in [-0.15, -0.1) is 0 Å². The molecule has 0 N–H and O–H groups in total. The summed E-state index contributed by atoms with van der Waals surface area (Å²) in [4.78, 5) is 25.3. The lowest BCUT2D eigenvalue weighted by Crippen LogP contribution is -2.30. The number of ether oxygens (including phenoxy) is 3. The smallest absolute Gasteiger partial charge is 0.306 e. The number of carbonyl (C=O) groups excluding carboxylic acids is 2. The summed E-state index contributed by atoms with van der Waals surface area (Å²) in [7, 11) is 0. The lowest BCUT2D eigenvalue weighted by Gasteiger charge is -2.18. The first-order valence-electron chi connectivity index (χ1n) is 24.8. The maximum Gasteiger partial charge on any atom is 0.306 e. The van der Waals surface area contributed by atoms with Gasteiger partial charge in [-0.2, -0.15) is 0 Å². The minimum atomic E-state index is -0.582. The highest BCUT2D eigenvalue weighted by Crippen LogP contribution is 2.13. The van der Waals surface area contributed by atoms with E-state index in [-0.39, 0.29) is 25.2 Å². The van der Waals surface area contributed by atoms with Gasteiger partial charge in [0.05, 0.1) is 6.61 Å². The van der Waals surface area contributed by atoms with E-state index in [1.807, 2.05) is 6.08 Å². The third kappa shape index (κ3) is 47.5. The average Bonchev–Trinajstić information content (AvgIpc) is 3.25. The fourth-order valence-corrected chi connectivity index (χ4v) is 6.51. The first-order chi connectivity index (χ1) is 29.6. The Balaban J connectivity index is 4.35. The quantitative estimate of drug-likeness (QED) is 0.0348. The molecule has 0 fully saturated rings. The van der Waals surface area contributed by atoms with Gasteiger partial charge < -0.3 is 14.2 Å². The first-order valence-corrected chi connectivity index (χ1v) is 24.8. The topological polar surface area (TPSA) is 61.8 Å². The van der Waals surface area contributed by atoms with Crippen molar-refractivity contribution in [1.82, 2.24) is 0 Å². The minimum Gasteiger partial charge on any atom is -0.462 e. The lowest BCUT2D eigenvalue weighted by molar-refractivity contribution is -0.162. The SMILES string of the molecule is CC/C=C\C/C=C\C/C=C\C/C=C\CCCCCCCCC(=O)OCC(COCCCCCCCCCCCCCC)OC(=O)CC/C=C\C/C=C\C/C=C\C/C=C\CC. The van der Waals surface area contributed by atoms with Gasteiger partial charge in [0.1, 0.15) is 6.61 Å². The van der Waals surface area contributed by atoms with Gasteiger partial charge in [0, 0.05) is 19.4 Å². The molecule has 342 valence electrons. The highest BCUT2D eigenvalue weighted by atomic mass is 16.6. The number of carbonyl (C=O) groups is 2. The van der Waals surface area contributed by atoms with Crippen LogP contribution in [0.5, 0.6) is 0 Å². The van der Waals surface area contributed by atoms with Gasteiger partial charge in [0.15, 0.2) is 6.10 Å². The van der Waals surface area contributed by atoms with Crippen molar-refractivity contribution in [2.75, 3.05) is 19.8 Å². The second-order valence-electron chi connectivity index (χ2n) is 16.0. The number of esters is 2. The van der Waals surface area contributed by atoms with Gasteiger partial charge in [0.25, 0.3) is 0 Å². The molecule has 0 aromatic heterocycles. The number of rotatable bonds is 44. The molecule has 0 aliphatic heterocycles. The maximum atomic E-state index is 12.7. The third-order valence-electron chi connectivity index (χ3n) is 10.1. The average molecular weight is 833 g/mol. The molecule has 0 saturated heterocycles. The van der Waals surface area contributed by atoms with Crippen LogP contribution in [-0.2, 0) is 23.8 Å². The second kappa shape index (κ2) is 50.2. The molecule has 0 aromatic carbocycles. The molecule has 0 bridgehead atoms. The molecule has 0 aliphatic carbocycles. The Labute approximate surface area is 371 Å². The molecule has 0 spiro atoms. The lowest BCUT2D eigenvalue weighted by atomic mass is 10.1. The molecule has 1 atom stereocenters. The number of hydrogen-bond acceptors (Lipinski definition) is 5. The van der Waals surface area contributed by atoms with Crippen LogP contribution in [0.25, 0.3) is 0 Å². The van der Waals surface area contributed by atoms with Crippen molar-refractivity contribution in [3.05, 3.63) is 97.2 Å². The Bertz CT molecular complexity index is 1170. The van der Waals surface area contributed by atoms with Crippen LogP contribution < -0.4 is 0 Å². The van der Waals surface area contributed by atoms with Gasteiger partial charge in [-0.3, -0.25) is 9.59 Å². The van der Waals surface area contributed by atoms with Crippen LogP contribution in [-0.4, -0.2) is 37.9 Å². The molecular formula is C55H92O5. The molecule has 1 unspecified atom stereocenters. The van der Waals surface area contributed by atoms with Crippen molar-refractivity contribution in [2.45, 2.75) is 219 Å². The van der Waals surface area contributed by atoms with Crippen molar-refractivity contribution >= 4 is 11.9 Å². The van der Waals surface area contributed by atoms with Crippen LogP contribution in [0.1, 0.15) is 213 Å². The summed E-state index contributed by atoms with van der Waals surface area (Å²) < 4.78 is 17.3. The maximum absolute atomic E-state index is 12.7. The van der Waals surface area contributed by atoms with E-state index in [1.54, 1.807) is 0 Å². The zero-order valence-electron chi connectivity index (χ0n) is 39.2. The summed E-state index contributed by atoms with van der Waals surface area (Å²) in [6.07, 6.45) is 67.1. The van der Waals surface area contributed by atoms with Crippen molar-refractivity contribution in [3.8, 4) is 0 Å². The van der Waals surface area contributed by atoms with Crippen molar-refractivity contribution in [1.29, 1.82) is 0 Å². The fourth-order valence-electron chi connectivity index (χ4n) is 6.51. The predicted molar refractivity (Wildman–Crippen MR) is 260 cm³/mol. The van der Waals surface area contributed by atoms with Crippen molar-refractivity contribution < 1.29 is 23.8 Å². The summed E-state index contributed by atoms with van der Waals surface area (Å²) in [5, 5.41) is 0. The summed E-state index contributed by atoms with van der Waals surface area (Å²) >= 11 is 0. The van der Waals surface area contributed by atoms with E-state index in [4.69, 9.17) is 14.2 Å². The summed E-state index contributed by atoms with van der Waals surface area (Å²) in [5.41, 5.74) is 0. The largest absolute Gasteiger partial charge is 0.462 e. The predicted octanol–water partition coefficient (Wildman–Crippen LogP) is 16.7. The Morgan fingerprint density at radius 1 is 0.383 bits per heavy atom. The van der Waals surface area contributed by atoms with E-state index in [9.17, 15) is 9.59 Å². The van der Waals surface area contributed by atoms with E-state index in [2.05, 4.69) is 112 Å². The van der Waals surface area contributed by atoms with E-state index in [0.717, 1.165) is 89.9 Å². The van der Waals surface area contributed by atoms with Gasteiger partial charge in [0.2, 0.25) is 0 Å². The van der Waals surface area contributed by atoms with Gasteiger partial charge in [-0.1, -0.05) is 214 Å². The van der Waals surface area contributed by atoms with E-state index >= 15 is 0 Å². The summed E-state index contributed by atoms with van der Waals surface area (Å²) in [6.45, 7) is 7.50. The standard InChI is InChI=1S/C55H92O5/c1-4-7-10-13-16-19-22-25-26-27-28-29-30-32-33-36-39-42-45-48-54(56)59-52-53(51-58-50-47-44-41-38-35-24-21-18-15-12-9-6-3)60-55(57)49-46-43-40-37-34-31-23-20-17-14-11-8-5-2/h7-8,10-11,16-17,19-20,25-26,28-29,31,34,40,43,53H,4-6,9,12-15,18,21-24,27,30,32-33,35-39,41-42,44-52H2,1-3H3/b10-7-,11-8-,19-16-,20-17-,26-25-,29-28-,34-31-,43-40-. The van der Waals surface area contributed by atoms with Crippen LogP contribution in [0.4, 0.5) is 0 Å². The Morgan fingerprint density at radius 2 is 0.783 bits per heavy atom.